The number of piperidine rings is 1. The van der Waals surface area contributed by atoms with Crippen LogP contribution in [0, 0.1) is 0 Å². The Bertz CT molecular complexity index is 539. The average molecular weight is 289 g/mol. The normalized spacial score (nSPS) is 25.5. The number of hydrogen-bond donors (Lipinski definition) is 0. The molecule has 0 spiro atoms. The maximum atomic E-state index is 12.5. The van der Waals surface area contributed by atoms with Crippen molar-refractivity contribution in [3.8, 4) is 0 Å². The molecule has 3 rings (SSSR count). The van der Waals surface area contributed by atoms with Gasteiger partial charge in [-0.25, -0.2) is 4.79 Å². The summed E-state index contributed by atoms with van der Waals surface area (Å²) >= 11 is 0. The zero-order chi connectivity index (χ0) is 15.0. The quantitative estimate of drug-likeness (QED) is 0.777. The Hall–Kier alpha value is -1.71. The molecule has 114 valence electrons. The Morgan fingerprint density at radius 3 is 2.81 bits per heavy atom. The summed E-state index contributed by atoms with van der Waals surface area (Å²) in [5, 5.41) is 0. The van der Waals surface area contributed by atoms with Crippen molar-refractivity contribution < 1.29 is 13.9 Å². The van der Waals surface area contributed by atoms with E-state index in [9.17, 15) is 4.79 Å². The summed E-state index contributed by atoms with van der Waals surface area (Å²) in [6, 6.07) is 4.26. The molecule has 2 aliphatic rings. The topological polar surface area (TPSA) is 42.7 Å². The van der Waals surface area contributed by atoms with Crippen LogP contribution in [0.1, 0.15) is 52.2 Å². The van der Waals surface area contributed by atoms with Crippen LogP contribution in [0.2, 0.25) is 0 Å². The van der Waals surface area contributed by atoms with E-state index < -0.39 is 5.60 Å². The Balaban J connectivity index is 1.83. The highest BCUT2D eigenvalue weighted by Crippen LogP contribution is 2.37. The van der Waals surface area contributed by atoms with Crippen LogP contribution in [-0.4, -0.2) is 28.7 Å². The highest BCUT2D eigenvalue weighted by Gasteiger charge is 2.39. The Morgan fingerprint density at radius 2 is 2.19 bits per heavy atom. The highest BCUT2D eigenvalue weighted by molar-refractivity contribution is 5.73. The van der Waals surface area contributed by atoms with E-state index in [0.717, 1.165) is 31.4 Å². The van der Waals surface area contributed by atoms with Crippen LogP contribution in [0.25, 0.3) is 5.57 Å². The fourth-order valence-electron chi connectivity index (χ4n) is 3.27. The molecule has 0 N–H and O–H groups in total. The summed E-state index contributed by atoms with van der Waals surface area (Å²) in [6.07, 6.45) is 7.74. The molecule has 2 atom stereocenters. The summed E-state index contributed by atoms with van der Waals surface area (Å²) in [7, 11) is 0. The van der Waals surface area contributed by atoms with Crippen LogP contribution in [0.4, 0.5) is 4.79 Å². The molecule has 4 heteroatoms. The van der Waals surface area contributed by atoms with Gasteiger partial charge in [0.05, 0.1) is 12.3 Å². The van der Waals surface area contributed by atoms with Crippen molar-refractivity contribution in [2.24, 2.45) is 0 Å². The number of hydrogen-bond acceptors (Lipinski definition) is 3. The summed E-state index contributed by atoms with van der Waals surface area (Å²) in [5.41, 5.74) is 0.769. The molecule has 0 aliphatic carbocycles. The number of rotatable bonds is 1. The third-order valence-corrected chi connectivity index (χ3v) is 4.08. The largest absolute Gasteiger partial charge is 0.465 e. The molecule has 4 nitrogen and oxygen atoms in total. The molecular formula is C17H23NO3. The van der Waals surface area contributed by atoms with Crippen molar-refractivity contribution in [1.29, 1.82) is 0 Å². The zero-order valence-electron chi connectivity index (χ0n) is 13.0. The number of ether oxygens (including phenoxy) is 1. The van der Waals surface area contributed by atoms with Crippen LogP contribution in [0.15, 0.2) is 28.9 Å². The van der Waals surface area contributed by atoms with E-state index >= 15 is 0 Å². The van der Waals surface area contributed by atoms with Crippen molar-refractivity contribution in [2.75, 3.05) is 0 Å². The van der Waals surface area contributed by atoms with Gasteiger partial charge in [-0.15, -0.1) is 0 Å². The summed E-state index contributed by atoms with van der Waals surface area (Å²) in [5.74, 6) is 0.927. The SMILES string of the molecule is CC(C)(C)OC(=O)N1C2C=C(c3ccco3)CC1CCC2. The second-order valence-corrected chi connectivity index (χ2v) is 6.91. The Morgan fingerprint density at radius 1 is 1.38 bits per heavy atom. The van der Waals surface area contributed by atoms with Crippen molar-refractivity contribution in [3.05, 3.63) is 30.2 Å². The van der Waals surface area contributed by atoms with E-state index in [1.165, 1.54) is 5.57 Å². The predicted molar refractivity (Wildman–Crippen MR) is 80.8 cm³/mol. The van der Waals surface area contributed by atoms with Gasteiger partial charge in [-0.1, -0.05) is 6.08 Å². The number of carbonyl (C=O) groups excluding carboxylic acids is 1. The summed E-state index contributed by atoms with van der Waals surface area (Å²) in [4.78, 5) is 14.4. The fraction of sp³-hybridized carbons (Fsp3) is 0.588. The van der Waals surface area contributed by atoms with Gasteiger partial charge in [0.25, 0.3) is 0 Å². The molecule has 3 heterocycles. The Labute approximate surface area is 125 Å². The third-order valence-electron chi connectivity index (χ3n) is 4.08. The molecule has 21 heavy (non-hydrogen) atoms. The minimum atomic E-state index is -0.448. The smallest absolute Gasteiger partial charge is 0.411 e. The van der Waals surface area contributed by atoms with Gasteiger partial charge in [-0.3, -0.25) is 4.90 Å². The van der Waals surface area contributed by atoms with Crippen molar-refractivity contribution in [2.45, 2.75) is 64.1 Å². The molecule has 1 aromatic heterocycles. The summed E-state index contributed by atoms with van der Waals surface area (Å²) in [6.45, 7) is 5.73. The number of amides is 1. The van der Waals surface area contributed by atoms with E-state index in [0.29, 0.717) is 0 Å². The monoisotopic (exact) mass is 289 g/mol. The molecule has 2 bridgehead atoms. The van der Waals surface area contributed by atoms with E-state index in [1.807, 2.05) is 37.8 Å². The van der Waals surface area contributed by atoms with Crippen molar-refractivity contribution >= 4 is 11.7 Å². The van der Waals surface area contributed by atoms with E-state index in [1.54, 1.807) is 6.26 Å². The molecular weight excluding hydrogens is 266 g/mol. The molecule has 0 aromatic carbocycles. The third kappa shape index (κ3) is 2.99. The van der Waals surface area contributed by atoms with Crippen LogP contribution in [0.5, 0.6) is 0 Å². The zero-order valence-corrected chi connectivity index (χ0v) is 13.0. The van der Waals surface area contributed by atoms with Crippen LogP contribution in [0.3, 0.4) is 0 Å². The maximum absolute atomic E-state index is 12.5. The van der Waals surface area contributed by atoms with Gasteiger partial charge in [0.2, 0.25) is 0 Å². The van der Waals surface area contributed by atoms with E-state index in [4.69, 9.17) is 9.15 Å². The van der Waals surface area contributed by atoms with Gasteiger partial charge in [0.1, 0.15) is 11.4 Å². The predicted octanol–water partition coefficient (Wildman–Crippen LogP) is 4.22. The first-order chi connectivity index (χ1) is 9.94. The number of carbonyl (C=O) groups is 1. The minimum Gasteiger partial charge on any atom is -0.465 e. The number of furan rings is 1. The molecule has 0 saturated carbocycles. The Kier molecular flexibility index (Phi) is 3.56. The minimum absolute atomic E-state index is 0.132. The molecule has 2 unspecified atom stereocenters. The average Bonchev–Trinajstić information content (AvgIpc) is 2.88. The van der Waals surface area contributed by atoms with Crippen LogP contribution < -0.4 is 0 Å². The van der Waals surface area contributed by atoms with Gasteiger partial charge in [0.15, 0.2) is 0 Å². The molecule has 1 aromatic rings. The lowest BCUT2D eigenvalue weighted by Crippen LogP contribution is -2.52. The van der Waals surface area contributed by atoms with Crippen molar-refractivity contribution in [1.82, 2.24) is 4.90 Å². The lowest BCUT2D eigenvalue weighted by molar-refractivity contribution is -0.0000101. The van der Waals surface area contributed by atoms with Gasteiger partial charge >= 0.3 is 6.09 Å². The first kappa shape index (κ1) is 14.2. The lowest BCUT2D eigenvalue weighted by atomic mass is 9.84. The van der Waals surface area contributed by atoms with Crippen LogP contribution in [-0.2, 0) is 4.74 Å². The maximum Gasteiger partial charge on any atom is 0.411 e. The van der Waals surface area contributed by atoms with Gasteiger partial charge in [-0.2, -0.15) is 0 Å². The highest BCUT2D eigenvalue weighted by atomic mass is 16.6. The van der Waals surface area contributed by atoms with E-state index in [2.05, 4.69) is 6.08 Å². The fourth-order valence-corrected chi connectivity index (χ4v) is 3.27. The first-order valence-electron chi connectivity index (χ1n) is 7.70. The summed E-state index contributed by atoms with van der Waals surface area (Å²) < 4.78 is 11.1. The van der Waals surface area contributed by atoms with Crippen LogP contribution >= 0.6 is 0 Å². The molecule has 1 amide bonds. The van der Waals surface area contributed by atoms with Gasteiger partial charge in [0, 0.05) is 6.04 Å². The second kappa shape index (κ2) is 5.24. The number of nitrogens with zero attached hydrogens (tertiary/aromatic N) is 1. The first-order valence-corrected chi connectivity index (χ1v) is 7.70. The second-order valence-electron chi connectivity index (χ2n) is 6.91. The van der Waals surface area contributed by atoms with Gasteiger partial charge in [-0.05, 0) is 64.2 Å². The van der Waals surface area contributed by atoms with E-state index in [-0.39, 0.29) is 18.2 Å². The van der Waals surface area contributed by atoms with Crippen molar-refractivity contribution in [3.63, 3.8) is 0 Å². The molecule has 1 fully saturated rings. The molecule has 1 saturated heterocycles. The standard InChI is InChI=1S/C17H23NO3/c1-17(2,3)21-16(19)18-13-6-4-7-14(18)11-12(10-13)15-8-5-9-20-15/h5,8-10,13-14H,4,6-7,11H2,1-3H3. The molecule has 0 radical (unpaired) electrons. The van der Waals surface area contributed by atoms with Gasteiger partial charge < -0.3 is 9.15 Å². The lowest BCUT2D eigenvalue weighted by Gasteiger charge is -2.44. The molecule has 2 aliphatic heterocycles. The number of fused-ring (bicyclic) bond motifs is 2.